The highest BCUT2D eigenvalue weighted by molar-refractivity contribution is 6.05. The zero-order valence-electron chi connectivity index (χ0n) is 22.0. The van der Waals surface area contributed by atoms with Crippen molar-refractivity contribution >= 4 is 34.8 Å². The first-order valence-corrected chi connectivity index (χ1v) is 13.0. The van der Waals surface area contributed by atoms with Crippen LogP contribution in [0, 0.1) is 0 Å². The van der Waals surface area contributed by atoms with Gasteiger partial charge >= 0.3 is 0 Å². The van der Waals surface area contributed by atoms with Crippen LogP contribution in [0.3, 0.4) is 0 Å². The molecule has 10 nitrogen and oxygen atoms in total. The van der Waals surface area contributed by atoms with Crippen molar-refractivity contribution in [3.05, 3.63) is 60.2 Å². The van der Waals surface area contributed by atoms with Crippen LogP contribution < -0.4 is 25.2 Å². The van der Waals surface area contributed by atoms with Crippen LogP contribution in [0.5, 0.6) is 5.75 Å². The standard InChI is InChI=1S/C28H33N7O3/c1-4-21-28(37)34(2)23-17-30-25(13-22(23)35(21)20-9-5-6-10-20)33-26-24(38-3)12-19(16-31-26)27(36)32-15-18-8-7-11-29-14-18/h7-8,11-14,16-17,20-21H,4-6,9-10,15H2,1-3H3,(H,32,36)(H,30,31,33)/t21-/m1/s1. The summed E-state index contributed by atoms with van der Waals surface area (Å²) in [7, 11) is 3.35. The number of hydrogen-bond donors (Lipinski definition) is 2. The third kappa shape index (κ3) is 4.98. The van der Waals surface area contributed by atoms with Gasteiger partial charge in [-0.1, -0.05) is 25.8 Å². The summed E-state index contributed by atoms with van der Waals surface area (Å²) in [6.07, 6.45) is 11.9. The fourth-order valence-electron chi connectivity index (χ4n) is 5.33. The van der Waals surface area contributed by atoms with Gasteiger partial charge < -0.3 is 25.2 Å². The fourth-order valence-corrected chi connectivity index (χ4v) is 5.33. The Morgan fingerprint density at radius 2 is 1.95 bits per heavy atom. The van der Waals surface area contributed by atoms with Crippen LogP contribution in [0.4, 0.5) is 23.0 Å². The van der Waals surface area contributed by atoms with E-state index in [2.05, 4.69) is 37.4 Å². The zero-order chi connectivity index (χ0) is 26.6. The Bertz CT molecular complexity index is 1310. The molecule has 3 aromatic heterocycles. The van der Waals surface area contributed by atoms with E-state index < -0.39 is 0 Å². The average Bonchev–Trinajstić information content (AvgIpc) is 3.48. The molecule has 1 aliphatic carbocycles. The molecule has 3 aromatic rings. The molecule has 0 unspecified atom stereocenters. The first kappa shape index (κ1) is 25.4. The summed E-state index contributed by atoms with van der Waals surface area (Å²) in [5, 5.41) is 6.12. The van der Waals surface area contributed by atoms with Crippen LogP contribution in [0.2, 0.25) is 0 Å². The monoisotopic (exact) mass is 515 g/mol. The summed E-state index contributed by atoms with van der Waals surface area (Å²) < 4.78 is 5.55. The molecule has 0 radical (unpaired) electrons. The summed E-state index contributed by atoms with van der Waals surface area (Å²) in [6, 6.07) is 7.50. The number of fused-ring (bicyclic) bond motifs is 1. The molecule has 1 atom stereocenters. The highest BCUT2D eigenvalue weighted by Gasteiger charge is 2.40. The summed E-state index contributed by atoms with van der Waals surface area (Å²) in [5.74, 6) is 1.30. The van der Waals surface area contributed by atoms with E-state index >= 15 is 0 Å². The number of carbonyl (C=O) groups excluding carboxylic acids is 2. The molecule has 2 amide bonds. The van der Waals surface area contributed by atoms with Gasteiger partial charge in [-0.2, -0.15) is 0 Å². The number of likely N-dealkylation sites (N-methyl/N-ethyl adjacent to an activating group) is 1. The van der Waals surface area contributed by atoms with Gasteiger partial charge in [0.05, 0.1) is 30.2 Å². The molecule has 2 N–H and O–H groups in total. The molecule has 1 fully saturated rings. The number of nitrogens with one attached hydrogen (secondary N) is 2. The van der Waals surface area contributed by atoms with E-state index in [-0.39, 0.29) is 17.9 Å². The highest BCUT2D eigenvalue weighted by atomic mass is 16.5. The minimum atomic E-state index is -0.261. The Morgan fingerprint density at radius 3 is 2.66 bits per heavy atom. The number of anilines is 4. The van der Waals surface area contributed by atoms with Crippen molar-refractivity contribution in [2.75, 3.05) is 29.3 Å². The molecule has 38 heavy (non-hydrogen) atoms. The van der Waals surface area contributed by atoms with Gasteiger partial charge in [0.25, 0.3) is 5.91 Å². The second-order valence-corrected chi connectivity index (χ2v) is 9.67. The predicted octanol–water partition coefficient (Wildman–Crippen LogP) is 4.06. The van der Waals surface area contributed by atoms with Crippen LogP contribution >= 0.6 is 0 Å². The Morgan fingerprint density at radius 1 is 1.13 bits per heavy atom. The van der Waals surface area contributed by atoms with Crippen LogP contribution in [0.1, 0.15) is 54.9 Å². The molecule has 5 rings (SSSR count). The number of methoxy groups -OCH3 is 1. The van der Waals surface area contributed by atoms with Crippen molar-refractivity contribution in [2.45, 2.75) is 57.7 Å². The van der Waals surface area contributed by atoms with E-state index in [1.807, 2.05) is 25.2 Å². The first-order valence-electron chi connectivity index (χ1n) is 13.0. The van der Waals surface area contributed by atoms with E-state index in [1.54, 1.807) is 29.6 Å². The Labute approximate surface area is 222 Å². The molecule has 10 heteroatoms. The maximum absolute atomic E-state index is 13.1. The molecule has 0 aromatic carbocycles. The number of ether oxygens (including phenoxy) is 1. The third-order valence-corrected chi connectivity index (χ3v) is 7.31. The lowest BCUT2D eigenvalue weighted by molar-refractivity contribution is -0.120. The largest absolute Gasteiger partial charge is 0.493 e. The maximum atomic E-state index is 13.1. The molecule has 198 valence electrons. The number of rotatable bonds is 8. The minimum absolute atomic E-state index is 0.107. The van der Waals surface area contributed by atoms with E-state index in [1.165, 1.54) is 26.1 Å². The van der Waals surface area contributed by atoms with Crippen molar-refractivity contribution in [3.63, 3.8) is 0 Å². The van der Waals surface area contributed by atoms with Gasteiger partial charge in [-0.25, -0.2) is 9.97 Å². The minimum Gasteiger partial charge on any atom is -0.493 e. The second-order valence-electron chi connectivity index (χ2n) is 9.67. The normalized spacial score (nSPS) is 17.3. The number of carbonyl (C=O) groups is 2. The smallest absolute Gasteiger partial charge is 0.253 e. The molecule has 4 heterocycles. The molecular weight excluding hydrogens is 482 g/mol. The first-order chi connectivity index (χ1) is 18.5. The van der Waals surface area contributed by atoms with Crippen molar-refractivity contribution < 1.29 is 14.3 Å². The summed E-state index contributed by atoms with van der Waals surface area (Å²) >= 11 is 0. The van der Waals surface area contributed by atoms with Gasteiger partial charge in [0.1, 0.15) is 11.9 Å². The van der Waals surface area contributed by atoms with E-state index in [0.717, 1.165) is 36.2 Å². The van der Waals surface area contributed by atoms with Crippen LogP contribution in [-0.4, -0.2) is 53.0 Å². The van der Waals surface area contributed by atoms with E-state index in [9.17, 15) is 9.59 Å². The van der Waals surface area contributed by atoms with Gasteiger partial charge in [-0.05, 0) is 37.0 Å². The third-order valence-electron chi connectivity index (χ3n) is 7.31. The zero-order valence-corrected chi connectivity index (χ0v) is 22.0. The van der Waals surface area contributed by atoms with Gasteiger partial charge in [0.15, 0.2) is 11.6 Å². The molecule has 1 saturated carbocycles. The Balaban J connectivity index is 1.38. The Hall–Kier alpha value is -4.21. The molecule has 1 aliphatic heterocycles. The number of pyridine rings is 3. The Kier molecular flexibility index (Phi) is 7.39. The topological polar surface area (TPSA) is 113 Å². The van der Waals surface area contributed by atoms with E-state index in [4.69, 9.17) is 4.74 Å². The van der Waals surface area contributed by atoms with Crippen molar-refractivity contribution in [3.8, 4) is 5.75 Å². The fraction of sp³-hybridized carbons (Fsp3) is 0.393. The molecule has 0 saturated heterocycles. The van der Waals surface area contributed by atoms with E-state index in [0.29, 0.717) is 35.5 Å². The SMILES string of the molecule is CC[C@@H]1C(=O)N(C)c2cnc(Nc3ncc(C(=O)NCc4cccnc4)cc3OC)cc2N1C1CCCC1. The number of nitrogens with zero attached hydrogens (tertiary/aromatic N) is 5. The average molecular weight is 516 g/mol. The van der Waals surface area contributed by atoms with Gasteiger partial charge in [0.2, 0.25) is 5.91 Å². The van der Waals surface area contributed by atoms with Crippen molar-refractivity contribution in [1.29, 1.82) is 0 Å². The van der Waals surface area contributed by atoms with Gasteiger partial charge in [-0.15, -0.1) is 0 Å². The summed E-state index contributed by atoms with van der Waals surface area (Å²) in [5.41, 5.74) is 3.08. The van der Waals surface area contributed by atoms with Gasteiger partial charge in [0, 0.05) is 44.3 Å². The quantitative estimate of drug-likeness (QED) is 0.462. The summed E-state index contributed by atoms with van der Waals surface area (Å²) in [4.78, 5) is 42.9. The van der Waals surface area contributed by atoms with Crippen molar-refractivity contribution in [1.82, 2.24) is 20.3 Å². The van der Waals surface area contributed by atoms with Crippen LogP contribution in [-0.2, 0) is 11.3 Å². The van der Waals surface area contributed by atoms with Crippen molar-refractivity contribution in [2.24, 2.45) is 0 Å². The number of hydrogen-bond acceptors (Lipinski definition) is 8. The maximum Gasteiger partial charge on any atom is 0.253 e. The number of aromatic nitrogens is 3. The van der Waals surface area contributed by atoms with Gasteiger partial charge in [-0.3, -0.25) is 14.6 Å². The lowest BCUT2D eigenvalue weighted by Crippen LogP contribution is -2.55. The number of amides is 2. The summed E-state index contributed by atoms with van der Waals surface area (Å²) in [6.45, 7) is 2.42. The molecule has 0 spiro atoms. The molecule has 2 aliphatic rings. The predicted molar refractivity (Wildman–Crippen MR) is 146 cm³/mol. The molecular formula is C28H33N7O3. The second kappa shape index (κ2) is 11.0. The van der Waals surface area contributed by atoms with Crippen LogP contribution in [0.25, 0.3) is 0 Å². The van der Waals surface area contributed by atoms with Crippen LogP contribution in [0.15, 0.2) is 49.1 Å². The molecule has 0 bridgehead atoms. The lowest BCUT2D eigenvalue weighted by Gasteiger charge is -2.44. The lowest BCUT2D eigenvalue weighted by atomic mass is 10.0. The highest BCUT2D eigenvalue weighted by Crippen LogP contribution is 2.42.